The second-order valence-electron chi connectivity index (χ2n) is 3.22. The van der Waals surface area contributed by atoms with Gasteiger partial charge in [-0.2, -0.15) is 0 Å². The van der Waals surface area contributed by atoms with Gasteiger partial charge in [0.25, 0.3) is 0 Å². The van der Waals surface area contributed by atoms with Crippen molar-refractivity contribution in [3.05, 3.63) is 0 Å². The molecule has 5 nitrogen and oxygen atoms in total. The molecular weight excluding hydrogens is 162 g/mol. The Hall–Kier alpha value is -0.200. The Bertz CT molecular complexity index is 150. The van der Waals surface area contributed by atoms with Crippen LogP contribution >= 0.6 is 0 Å². The predicted octanol–water partition coefficient (Wildman–Crippen LogP) is -2.58. The maximum atomic E-state index is 9.29. The van der Waals surface area contributed by atoms with E-state index in [0.29, 0.717) is 0 Å². The van der Waals surface area contributed by atoms with Gasteiger partial charge in [-0.15, -0.1) is 0 Å². The summed E-state index contributed by atoms with van der Waals surface area (Å²) in [7, 11) is 0. The first-order valence-electron chi connectivity index (χ1n) is 3.99. The van der Waals surface area contributed by atoms with Crippen molar-refractivity contribution in [2.75, 3.05) is 6.61 Å². The first kappa shape index (κ1) is 9.88. The van der Waals surface area contributed by atoms with Crippen molar-refractivity contribution in [1.82, 2.24) is 5.32 Å². The maximum absolute atomic E-state index is 9.29. The van der Waals surface area contributed by atoms with E-state index in [0.717, 1.165) is 0 Å². The van der Waals surface area contributed by atoms with Crippen molar-refractivity contribution in [3.8, 4) is 0 Å². The zero-order chi connectivity index (χ0) is 9.30. The molecule has 1 saturated heterocycles. The van der Waals surface area contributed by atoms with Gasteiger partial charge in [-0.25, -0.2) is 0 Å². The highest BCUT2D eigenvalue weighted by Gasteiger charge is 2.39. The lowest BCUT2D eigenvalue weighted by Crippen LogP contribution is -2.64. The van der Waals surface area contributed by atoms with Crippen molar-refractivity contribution in [2.24, 2.45) is 0 Å². The van der Waals surface area contributed by atoms with Gasteiger partial charge in [0, 0.05) is 6.04 Å². The van der Waals surface area contributed by atoms with Crippen LogP contribution in [0.4, 0.5) is 0 Å². The van der Waals surface area contributed by atoms with Crippen LogP contribution in [-0.2, 0) is 0 Å². The average Bonchev–Trinajstić information content (AvgIpc) is 2.08. The molecule has 0 bridgehead atoms. The van der Waals surface area contributed by atoms with E-state index in [9.17, 15) is 15.3 Å². The average molecular weight is 177 g/mol. The van der Waals surface area contributed by atoms with Crippen LogP contribution in [0.3, 0.4) is 0 Å². The van der Waals surface area contributed by atoms with E-state index in [4.69, 9.17) is 5.11 Å². The van der Waals surface area contributed by atoms with Gasteiger partial charge in [0.05, 0.1) is 24.9 Å². The lowest BCUT2D eigenvalue weighted by Gasteiger charge is -2.39. The largest absolute Gasteiger partial charge is 0.395 e. The third-order valence-electron chi connectivity index (χ3n) is 2.30. The Morgan fingerprint density at radius 1 is 1.08 bits per heavy atom. The third kappa shape index (κ3) is 1.60. The molecule has 1 aliphatic rings. The van der Waals surface area contributed by atoms with Crippen molar-refractivity contribution in [2.45, 2.75) is 37.3 Å². The Morgan fingerprint density at radius 2 is 1.67 bits per heavy atom. The summed E-state index contributed by atoms with van der Waals surface area (Å²) < 4.78 is 0. The molecule has 0 aromatic rings. The summed E-state index contributed by atoms with van der Waals surface area (Å²) in [6.07, 6.45) is -3.28. The summed E-state index contributed by atoms with van der Waals surface area (Å²) in [6.45, 7) is 1.43. The minimum absolute atomic E-state index is 0.255. The summed E-state index contributed by atoms with van der Waals surface area (Å²) in [5.74, 6) is 0. The Morgan fingerprint density at radius 3 is 2.17 bits per heavy atom. The molecular formula is C7H15NO4. The number of aliphatic hydroxyl groups is 4. The number of hydrogen-bond donors (Lipinski definition) is 5. The van der Waals surface area contributed by atoms with Crippen LogP contribution in [0, 0.1) is 0 Å². The van der Waals surface area contributed by atoms with Gasteiger partial charge in [-0.1, -0.05) is 0 Å². The molecule has 1 heterocycles. The quantitative estimate of drug-likeness (QED) is 0.303. The molecule has 12 heavy (non-hydrogen) atoms. The Kier molecular flexibility index (Phi) is 3.03. The number of rotatable bonds is 1. The molecule has 0 spiro atoms. The van der Waals surface area contributed by atoms with Crippen LogP contribution in [0.2, 0.25) is 0 Å². The van der Waals surface area contributed by atoms with E-state index in [1.54, 1.807) is 6.92 Å². The molecule has 1 aliphatic heterocycles. The summed E-state index contributed by atoms with van der Waals surface area (Å²) in [6, 6.07) is -0.876. The van der Waals surface area contributed by atoms with Crippen LogP contribution in [-0.4, -0.2) is 57.4 Å². The topological polar surface area (TPSA) is 93.0 Å². The Labute approximate surface area is 70.6 Å². The smallest absolute Gasteiger partial charge is 0.109 e. The fourth-order valence-corrected chi connectivity index (χ4v) is 1.43. The molecule has 0 aliphatic carbocycles. The maximum Gasteiger partial charge on any atom is 0.109 e. The van der Waals surface area contributed by atoms with Gasteiger partial charge >= 0.3 is 0 Å². The normalized spacial score (nSPS) is 49.2. The van der Waals surface area contributed by atoms with Crippen molar-refractivity contribution in [3.63, 3.8) is 0 Å². The highest BCUT2D eigenvalue weighted by Crippen LogP contribution is 2.14. The summed E-state index contributed by atoms with van der Waals surface area (Å²) in [4.78, 5) is 0. The first-order valence-corrected chi connectivity index (χ1v) is 3.99. The molecule has 0 amide bonds. The monoisotopic (exact) mass is 177 g/mol. The minimum atomic E-state index is -1.18. The molecule has 0 aromatic heterocycles. The van der Waals surface area contributed by atoms with Crippen LogP contribution < -0.4 is 5.32 Å². The standard InChI is InChI=1S/C7H15NO4/c1-3-5(10)7(12)6(11)4(2-9)8-3/h3-12H,2H2,1H3/t3?,4?,5-,6-,7+/m1/s1. The third-order valence-corrected chi connectivity index (χ3v) is 2.30. The van der Waals surface area contributed by atoms with E-state index in [-0.39, 0.29) is 12.6 Å². The van der Waals surface area contributed by atoms with Crippen molar-refractivity contribution < 1.29 is 20.4 Å². The van der Waals surface area contributed by atoms with Gasteiger partial charge < -0.3 is 25.7 Å². The van der Waals surface area contributed by atoms with Gasteiger partial charge in [-0.05, 0) is 6.92 Å². The lowest BCUT2D eigenvalue weighted by atomic mass is 9.91. The molecule has 5 atom stereocenters. The lowest BCUT2D eigenvalue weighted by molar-refractivity contribution is -0.116. The zero-order valence-corrected chi connectivity index (χ0v) is 6.88. The van der Waals surface area contributed by atoms with Crippen LogP contribution in [0.5, 0.6) is 0 Å². The van der Waals surface area contributed by atoms with E-state index in [2.05, 4.69) is 5.32 Å². The van der Waals surface area contributed by atoms with Crippen LogP contribution in [0.1, 0.15) is 6.92 Å². The number of hydrogen-bond acceptors (Lipinski definition) is 5. The number of nitrogens with one attached hydrogen (secondary N) is 1. The summed E-state index contributed by atoms with van der Waals surface area (Å²) >= 11 is 0. The first-order chi connectivity index (χ1) is 5.57. The van der Waals surface area contributed by atoms with Gasteiger partial charge in [0.15, 0.2) is 0 Å². The highest BCUT2D eigenvalue weighted by molar-refractivity contribution is 4.96. The number of aliphatic hydroxyl groups excluding tert-OH is 4. The van der Waals surface area contributed by atoms with Gasteiger partial charge in [-0.3, -0.25) is 0 Å². The fraction of sp³-hybridized carbons (Fsp3) is 1.00. The van der Waals surface area contributed by atoms with Crippen molar-refractivity contribution >= 4 is 0 Å². The zero-order valence-electron chi connectivity index (χ0n) is 6.88. The predicted molar refractivity (Wildman–Crippen MR) is 41.5 cm³/mol. The molecule has 1 rings (SSSR count). The van der Waals surface area contributed by atoms with Crippen LogP contribution in [0.15, 0.2) is 0 Å². The molecule has 1 fully saturated rings. The van der Waals surface area contributed by atoms with E-state index in [1.807, 2.05) is 0 Å². The SMILES string of the molecule is CC1NC(CO)[C@@H](O)[C@@H](O)[C@@H]1O. The van der Waals surface area contributed by atoms with Gasteiger partial charge in [0.2, 0.25) is 0 Å². The fourth-order valence-electron chi connectivity index (χ4n) is 1.43. The molecule has 0 aromatic carbocycles. The van der Waals surface area contributed by atoms with E-state index >= 15 is 0 Å². The second kappa shape index (κ2) is 3.68. The van der Waals surface area contributed by atoms with E-state index < -0.39 is 24.4 Å². The minimum Gasteiger partial charge on any atom is -0.395 e. The van der Waals surface area contributed by atoms with E-state index in [1.165, 1.54) is 0 Å². The molecule has 5 heteroatoms. The second-order valence-corrected chi connectivity index (χ2v) is 3.22. The Balaban J connectivity index is 2.63. The molecule has 2 unspecified atom stereocenters. The summed E-state index contributed by atoms with van der Waals surface area (Å²) in [5.41, 5.74) is 0. The van der Waals surface area contributed by atoms with Crippen LogP contribution in [0.25, 0.3) is 0 Å². The summed E-state index contributed by atoms with van der Waals surface area (Å²) in [5, 5.41) is 39.4. The molecule has 5 N–H and O–H groups in total. The van der Waals surface area contributed by atoms with Gasteiger partial charge in [0.1, 0.15) is 6.10 Å². The molecule has 0 radical (unpaired) electrons. The molecule has 0 saturated carbocycles. The van der Waals surface area contributed by atoms with Crippen molar-refractivity contribution in [1.29, 1.82) is 0 Å². The highest BCUT2D eigenvalue weighted by atomic mass is 16.4. The molecule has 72 valence electrons. The number of piperidine rings is 1.